The van der Waals surface area contributed by atoms with Gasteiger partial charge >= 0.3 is 0 Å². The monoisotopic (exact) mass is 487 g/mol. The third-order valence-corrected chi connectivity index (χ3v) is 5.64. The number of ketones is 1. The number of amides is 1. The van der Waals surface area contributed by atoms with Gasteiger partial charge in [-0.3, -0.25) is 14.6 Å². The summed E-state index contributed by atoms with van der Waals surface area (Å²) in [6, 6.07) is 7.45. The van der Waals surface area contributed by atoms with Crippen LogP contribution in [0.4, 0.5) is 11.4 Å². The van der Waals surface area contributed by atoms with E-state index in [1.807, 2.05) is 0 Å². The molecule has 3 N–H and O–H groups in total. The Balaban J connectivity index is 1.88. The lowest BCUT2D eigenvalue weighted by atomic mass is 9.96. The van der Waals surface area contributed by atoms with Gasteiger partial charge in [0.05, 0.1) is 16.8 Å². The van der Waals surface area contributed by atoms with Crippen molar-refractivity contribution in [3.05, 3.63) is 56.0 Å². The topological polar surface area (TPSA) is 90.8 Å². The molecule has 10 heteroatoms. The van der Waals surface area contributed by atoms with Crippen molar-refractivity contribution < 1.29 is 14.7 Å². The van der Waals surface area contributed by atoms with E-state index in [1.165, 1.54) is 6.92 Å². The van der Waals surface area contributed by atoms with Crippen molar-refractivity contribution >= 4 is 75.3 Å². The van der Waals surface area contributed by atoms with Gasteiger partial charge < -0.3 is 15.7 Å². The number of benzene rings is 2. The van der Waals surface area contributed by atoms with E-state index in [2.05, 4.69) is 15.6 Å². The summed E-state index contributed by atoms with van der Waals surface area (Å²) in [5.74, 6) is -0.586. The quantitative estimate of drug-likeness (QED) is 0.563. The summed E-state index contributed by atoms with van der Waals surface area (Å²) >= 11 is 24.7. The molecule has 0 spiro atoms. The highest BCUT2D eigenvalue weighted by Crippen LogP contribution is 2.32. The minimum Gasteiger partial charge on any atom is -0.377 e. The van der Waals surface area contributed by atoms with Gasteiger partial charge in [0.25, 0.3) is 0 Å². The first kappa shape index (κ1) is 22.8. The molecule has 0 bridgehead atoms. The molecule has 2 unspecified atom stereocenters. The molecule has 6 nitrogen and oxygen atoms in total. The average Bonchev–Trinajstić information content (AvgIpc) is 2.64. The number of aliphatic imine (C=N–C) groups is 1. The van der Waals surface area contributed by atoms with Crippen molar-refractivity contribution in [1.29, 1.82) is 0 Å². The van der Waals surface area contributed by atoms with Gasteiger partial charge in [0.1, 0.15) is 5.84 Å². The number of amidine groups is 1. The molecule has 1 heterocycles. The zero-order chi connectivity index (χ0) is 22.0. The van der Waals surface area contributed by atoms with E-state index in [0.29, 0.717) is 37.0 Å². The van der Waals surface area contributed by atoms with Gasteiger partial charge in [-0.25, -0.2) is 0 Å². The number of Topliss-reactive ketones (excluding diaryl/α,β-unsaturated/α-hetero) is 1. The van der Waals surface area contributed by atoms with Gasteiger partial charge in [-0.1, -0.05) is 46.4 Å². The fourth-order valence-electron chi connectivity index (χ4n) is 3.07. The second-order valence-corrected chi connectivity index (χ2v) is 8.45. The molecule has 1 aliphatic heterocycles. The fourth-order valence-corrected chi connectivity index (χ4v) is 4.21. The van der Waals surface area contributed by atoms with Crippen LogP contribution >= 0.6 is 46.4 Å². The molecule has 158 valence electrons. The van der Waals surface area contributed by atoms with Gasteiger partial charge in [-0.2, -0.15) is 0 Å². The molecule has 2 aromatic carbocycles. The maximum atomic E-state index is 12.4. The summed E-state index contributed by atoms with van der Waals surface area (Å²) in [5.41, 5.74) is 1.50. The van der Waals surface area contributed by atoms with Crippen LogP contribution in [-0.2, 0) is 16.0 Å². The van der Waals surface area contributed by atoms with E-state index in [9.17, 15) is 14.7 Å². The molecule has 1 aliphatic rings. The number of aliphatic hydroxyl groups excluding tert-OH is 1. The first-order chi connectivity index (χ1) is 14.1. The van der Waals surface area contributed by atoms with Gasteiger partial charge in [0, 0.05) is 34.1 Å². The molecule has 0 saturated heterocycles. The van der Waals surface area contributed by atoms with Gasteiger partial charge in [0.2, 0.25) is 5.91 Å². The summed E-state index contributed by atoms with van der Waals surface area (Å²) in [6.45, 7) is 1.38. The van der Waals surface area contributed by atoms with Crippen LogP contribution in [0, 0.1) is 0 Å². The van der Waals surface area contributed by atoms with Crippen molar-refractivity contribution in [2.24, 2.45) is 4.99 Å². The Morgan fingerprint density at radius 2 is 1.80 bits per heavy atom. The number of hydrogen-bond acceptors (Lipinski definition) is 5. The van der Waals surface area contributed by atoms with Crippen molar-refractivity contribution in [2.45, 2.75) is 31.9 Å². The lowest BCUT2D eigenvalue weighted by Gasteiger charge is -2.25. The zero-order valence-corrected chi connectivity index (χ0v) is 18.7. The van der Waals surface area contributed by atoms with Gasteiger partial charge in [0.15, 0.2) is 11.9 Å². The molecule has 2 atom stereocenters. The minimum absolute atomic E-state index is 0.0291. The molecular weight excluding hydrogens is 472 g/mol. The Morgan fingerprint density at radius 3 is 2.43 bits per heavy atom. The number of carbonyl (C=O) groups excluding carboxylic acids is 2. The molecule has 0 aromatic heterocycles. The third kappa shape index (κ3) is 5.45. The summed E-state index contributed by atoms with van der Waals surface area (Å²) in [4.78, 5) is 28.1. The fraction of sp³-hybridized carbons (Fsp3) is 0.250. The Morgan fingerprint density at radius 1 is 1.13 bits per heavy atom. The normalized spacial score (nSPS) is 18.7. The number of hydrogen-bond donors (Lipinski definition) is 3. The lowest BCUT2D eigenvalue weighted by molar-refractivity contribution is -0.125. The number of nitrogens with one attached hydrogen (secondary N) is 2. The number of aliphatic hydroxyl groups is 1. The van der Waals surface area contributed by atoms with E-state index in [-0.39, 0.29) is 24.6 Å². The van der Waals surface area contributed by atoms with Crippen LogP contribution in [0.5, 0.6) is 0 Å². The molecule has 0 fully saturated rings. The standard InChI is InChI=1S/C20H17Cl4N3O3/c1-9(28)25-11-2-3-14(22)17(7-11)27-20-19(30)18(29)8-12(26-20)6-13-15(23)4-10(21)5-16(13)24/h2-5,7,12,19,30H,6,8H2,1H3,(H,25,28)(H,26,27). The van der Waals surface area contributed by atoms with E-state index in [4.69, 9.17) is 46.4 Å². The first-order valence-electron chi connectivity index (χ1n) is 8.90. The molecule has 0 aliphatic carbocycles. The average molecular weight is 489 g/mol. The molecule has 30 heavy (non-hydrogen) atoms. The van der Waals surface area contributed by atoms with Crippen LogP contribution in [0.15, 0.2) is 35.3 Å². The highest BCUT2D eigenvalue weighted by atomic mass is 35.5. The van der Waals surface area contributed by atoms with Crippen LogP contribution in [-0.4, -0.2) is 34.8 Å². The van der Waals surface area contributed by atoms with E-state index in [0.717, 1.165) is 0 Å². The molecule has 3 rings (SSSR count). The Hall–Kier alpha value is -1.83. The Labute approximate surface area is 193 Å². The Kier molecular flexibility index (Phi) is 7.26. The number of nitrogens with zero attached hydrogens (tertiary/aromatic N) is 1. The summed E-state index contributed by atoms with van der Waals surface area (Å²) in [6.07, 6.45) is -1.10. The van der Waals surface area contributed by atoms with Crippen molar-refractivity contribution in [3.63, 3.8) is 0 Å². The van der Waals surface area contributed by atoms with E-state index >= 15 is 0 Å². The van der Waals surface area contributed by atoms with Crippen LogP contribution in [0.1, 0.15) is 18.9 Å². The lowest BCUT2D eigenvalue weighted by Crippen LogP contribution is -2.42. The SMILES string of the molecule is CC(=O)Nc1ccc(Cl)c(NC2=NC(Cc3c(Cl)cc(Cl)cc3Cl)CC(=O)C2O)c1. The highest BCUT2D eigenvalue weighted by Gasteiger charge is 2.31. The van der Waals surface area contributed by atoms with Gasteiger partial charge in [-0.05, 0) is 42.3 Å². The maximum Gasteiger partial charge on any atom is 0.221 e. The van der Waals surface area contributed by atoms with Crippen molar-refractivity contribution in [2.75, 3.05) is 10.6 Å². The molecule has 0 saturated carbocycles. The second kappa shape index (κ2) is 9.54. The third-order valence-electron chi connectivity index (χ3n) is 4.42. The van der Waals surface area contributed by atoms with Crippen molar-refractivity contribution in [1.82, 2.24) is 0 Å². The van der Waals surface area contributed by atoms with Crippen LogP contribution in [0.2, 0.25) is 20.1 Å². The number of halogens is 4. The summed E-state index contributed by atoms with van der Waals surface area (Å²) in [7, 11) is 0. The second-order valence-electron chi connectivity index (χ2n) is 6.79. The van der Waals surface area contributed by atoms with Crippen molar-refractivity contribution in [3.8, 4) is 0 Å². The number of anilines is 2. The smallest absolute Gasteiger partial charge is 0.221 e. The number of carbonyl (C=O) groups is 2. The minimum atomic E-state index is -1.42. The summed E-state index contributed by atoms with van der Waals surface area (Å²) in [5, 5.41) is 17.3. The van der Waals surface area contributed by atoms with Gasteiger partial charge in [-0.15, -0.1) is 0 Å². The maximum absolute atomic E-state index is 12.4. The summed E-state index contributed by atoms with van der Waals surface area (Å²) < 4.78 is 0. The van der Waals surface area contributed by atoms with Crippen LogP contribution < -0.4 is 10.6 Å². The molecule has 2 aromatic rings. The molecule has 1 amide bonds. The Bertz CT molecular complexity index is 1020. The molecular formula is C20H17Cl4N3O3. The van der Waals surface area contributed by atoms with Crippen LogP contribution in [0.25, 0.3) is 0 Å². The predicted molar refractivity (Wildman–Crippen MR) is 121 cm³/mol. The largest absolute Gasteiger partial charge is 0.377 e. The zero-order valence-electron chi connectivity index (χ0n) is 15.7. The van der Waals surface area contributed by atoms with E-state index in [1.54, 1.807) is 30.3 Å². The molecule has 0 radical (unpaired) electrons. The number of rotatable bonds is 4. The predicted octanol–water partition coefficient (Wildman–Crippen LogP) is 5.01. The van der Waals surface area contributed by atoms with E-state index < -0.39 is 17.9 Å². The van der Waals surface area contributed by atoms with Crippen LogP contribution in [0.3, 0.4) is 0 Å². The highest BCUT2D eigenvalue weighted by molar-refractivity contribution is 6.39. The first-order valence-corrected chi connectivity index (χ1v) is 10.4.